The van der Waals surface area contributed by atoms with Crippen LogP contribution in [0.3, 0.4) is 0 Å². The van der Waals surface area contributed by atoms with Crippen LogP contribution >= 0.6 is 11.6 Å². The number of aromatic amines is 1. The summed E-state index contributed by atoms with van der Waals surface area (Å²) in [5, 5.41) is 1.22. The second-order valence-corrected chi connectivity index (χ2v) is 5.23. The summed E-state index contributed by atoms with van der Waals surface area (Å²) < 4.78 is 40.2. The molecule has 0 aliphatic carbocycles. The van der Waals surface area contributed by atoms with Gasteiger partial charge in [-0.2, -0.15) is 0 Å². The zero-order valence-electron chi connectivity index (χ0n) is 11.4. The van der Waals surface area contributed by atoms with Gasteiger partial charge < -0.3 is 9.72 Å². The molecule has 3 aromatic rings. The van der Waals surface area contributed by atoms with Gasteiger partial charge in [-0.1, -0.05) is 17.7 Å². The number of carbonyl (C=O) groups excluding carboxylic acids is 1. The number of rotatable bonds is 3. The number of halogens is 4. The summed E-state index contributed by atoms with van der Waals surface area (Å²) in [4.78, 5) is 15.4. The Morgan fingerprint density at radius 2 is 1.78 bits per heavy atom. The summed E-state index contributed by atoms with van der Waals surface area (Å²) in [5.74, 6) is -0.683. The number of fused-ring (bicyclic) bond motifs is 1. The van der Waals surface area contributed by atoms with Crippen molar-refractivity contribution in [2.75, 3.05) is 0 Å². The van der Waals surface area contributed by atoms with Gasteiger partial charge in [0.05, 0.1) is 0 Å². The summed E-state index contributed by atoms with van der Waals surface area (Å²) in [6.07, 6.45) is -3.22. The molecule has 0 bridgehead atoms. The number of alkyl halides is 3. The van der Waals surface area contributed by atoms with E-state index in [0.29, 0.717) is 21.5 Å². The van der Waals surface area contributed by atoms with Crippen molar-refractivity contribution in [2.24, 2.45) is 0 Å². The number of benzene rings is 2. The maximum Gasteiger partial charge on any atom is 0.573 e. The van der Waals surface area contributed by atoms with E-state index >= 15 is 0 Å². The third-order valence-corrected chi connectivity index (χ3v) is 3.47. The highest BCUT2D eigenvalue weighted by molar-refractivity contribution is 6.31. The van der Waals surface area contributed by atoms with Crippen molar-refractivity contribution >= 4 is 28.3 Å². The van der Waals surface area contributed by atoms with Crippen LogP contribution in [-0.4, -0.2) is 17.1 Å². The average molecular weight is 340 g/mol. The number of hydrogen-bond acceptors (Lipinski definition) is 2. The van der Waals surface area contributed by atoms with E-state index in [2.05, 4.69) is 9.72 Å². The minimum absolute atomic E-state index is 0.260. The molecule has 0 saturated heterocycles. The summed E-state index contributed by atoms with van der Waals surface area (Å²) in [6, 6.07) is 9.85. The van der Waals surface area contributed by atoms with Gasteiger partial charge in [-0.25, -0.2) is 0 Å². The Kier molecular flexibility index (Phi) is 3.77. The van der Waals surface area contributed by atoms with Crippen LogP contribution in [0, 0.1) is 0 Å². The number of carbonyl (C=O) groups is 1. The summed E-state index contributed by atoms with van der Waals surface area (Å²) >= 11 is 5.88. The molecule has 0 spiro atoms. The number of hydrogen-bond donors (Lipinski definition) is 1. The van der Waals surface area contributed by atoms with Crippen molar-refractivity contribution in [1.82, 2.24) is 4.98 Å². The molecule has 0 radical (unpaired) electrons. The molecule has 0 amide bonds. The SMILES string of the molecule is O=C(c1ccc(OC(F)(F)F)cc1)c1c[nH]c2cc(Cl)ccc12. The Morgan fingerprint density at radius 3 is 2.43 bits per heavy atom. The molecule has 3 nitrogen and oxygen atoms in total. The van der Waals surface area contributed by atoms with Crippen molar-refractivity contribution in [2.45, 2.75) is 6.36 Å². The van der Waals surface area contributed by atoms with E-state index in [-0.39, 0.29) is 17.1 Å². The second-order valence-electron chi connectivity index (χ2n) is 4.79. The van der Waals surface area contributed by atoms with Crippen molar-refractivity contribution in [3.05, 3.63) is 64.8 Å². The van der Waals surface area contributed by atoms with E-state index in [1.54, 1.807) is 24.4 Å². The van der Waals surface area contributed by atoms with E-state index in [1.165, 1.54) is 12.1 Å². The Bertz CT molecular complexity index is 869. The van der Waals surface area contributed by atoms with Gasteiger partial charge in [0.1, 0.15) is 5.75 Å². The lowest BCUT2D eigenvalue weighted by Crippen LogP contribution is -2.17. The van der Waals surface area contributed by atoms with E-state index in [0.717, 1.165) is 12.1 Å². The van der Waals surface area contributed by atoms with Gasteiger partial charge in [-0.15, -0.1) is 13.2 Å². The van der Waals surface area contributed by atoms with Gasteiger partial charge in [-0.05, 0) is 36.4 Å². The van der Waals surface area contributed by atoms with Crippen LogP contribution in [0.5, 0.6) is 5.75 Å². The molecule has 1 N–H and O–H groups in total. The molecule has 0 aliphatic heterocycles. The first-order valence-electron chi connectivity index (χ1n) is 6.51. The maximum absolute atomic E-state index is 12.5. The van der Waals surface area contributed by atoms with Crippen LogP contribution in [0.1, 0.15) is 15.9 Å². The Morgan fingerprint density at radius 1 is 1.09 bits per heavy atom. The fraction of sp³-hybridized carbons (Fsp3) is 0.0625. The molecule has 0 atom stereocenters. The number of ketones is 1. The molecular weight excluding hydrogens is 331 g/mol. The van der Waals surface area contributed by atoms with Crippen molar-refractivity contribution < 1.29 is 22.7 Å². The highest BCUT2D eigenvalue weighted by Gasteiger charge is 2.31. The second kappa shape index (κ2) is 5.62. The van der Waals surface area contributed by atoms with Crippen LogP contribution in [0.4, 0.5) is 13.2 Å². The molecule has 0 aliphatic rings. The smallest absolute Gasteiger partial charge is 0.406 e. The zero-order valence-corrected chi connectivity index (χ0v) is 12.2. The molecule has 2 aromatic carbocycles. The first-order chi connectivity index (χ1) is 10.8. The van der Waals surface area contributed by atoms with Crippen LogP contribution in [-0.2, 0) is 0 Å². The molecule has 118 valence electrons. The van der Waals surface area contributed by atoms with Crippen LogP contribution in [0.15, 0.2) is 48.7 Å². The highest BCUT2D eigenvalue weighted by atomic mass is 35.5. The number of nitrogens with one attached hydrogen (secondary N) is 1. The lowest BCUT2D eigenvalue weighted by atomic mass is 10.0. The van der Waals surface area contributed by atoms with Crippen molar-refractivity contribution in [1.29, 1.82) is 0 Å². The summed E-state index contributed by atoms with van der Waals surface area (Å²) in [5.41, 5.74) is 1.38. The lowest BCUT2D eigenvalue weighted by Gasteiger charge is -2.08. The predicted octanol–water partition coefficient (Wildman–Crippen LogP) is 4.95. The molecule has 7 heteroatoms. The van der Waals surface area contributed by atoms with E-state index in [1.807, 2.05) is 0 Å². The lowest BCUT2D eigenvalue weighted by molar-refractivity contribution is -0.274. The first kappa shape index (κ1) is 15.4. The third-order valence-electron chi connectivity index (χ3n) is 3.24. The van der Waals surface area contributed by atoms with Gasteiger partial charge in [-0.3, -0.25) is 4.79 Å². The topological polar surface area (TPSA) is 42.1 Å². The van der Waals surface area contributed by atoms with Crippen LogP contribution < -0.4 is 4.74 Å². The normalized spacial score (nSPS) is 11.7. The molecule has 1 aromatic heterocycles. The number of H-pyrrole nitrogens is 1. The summed E-state index contributed by atoms with van der Waals surface area (Å²) in [6.45, 7) is 0. The molecular formula is C16H9ClF3NO2. The van der Waals surface area contributed by atoms with Crippen molar-refractivity contribution in [3.8, 4) is 5.75 Å². The van der Waals surface area contributed by atoms with E-state index in [9.17, 15) is 18.0 Å². The fourth-order valence-electron chi connectivity index (χ4n) is 2.25. The fourth-order valence-corrected chi connectivity index (χ4v) is 2.42. The molecule has 1 heterocycles. The Labute approximate surface area is 133 Å². The monoisotopic (exact) mass is 339 g/mol. The third kappa shape index (κ3) is 3.32. The Balaban J connectivity index is 1.90. The van der Waals surface area contributed by atoms with Crippen LogP contribution in [0.2, 0.25) is 5.02 Å². The molecule has 23 heavy (non-hydrogen) atoms. The Hall–Kier alpha value is -2.47. The zero-order chi connectivity index (χ0) is 16.6. The first-order valence-corrected chi connectivity index (χ1v) is 6.88. The van der Waals surface area contributed by atoms with Gasteiger partial charge in [0.2, 0.25) is 0 Å². The minimum atomic E-state index is -4.76. The molecule has 3 rings (SSSR count). The molecule has 0 fully saturated rings. The predicted molar refractivity (Wildman–Crippen MR) is 79.9 cm³/mol. The molecule has 0 unspecified atom stereocenters. The quantitative estimate of drug-likeness (QED) is 0.686. The van der Waals surface area contributed by atoms with E-state index < -0.39 is 6.36 Å². The standard InChI is InChI=1S/C16H9ClF3NO2/c17-10-3-6-12-13(8-21-14(12)7-10)15(22)9-1-4-11(5-2-9)23-16(18,19)20/h1-8,21H. The van der Waals surface area contributed by atoms with E-state index in [4.69, 9.17) is 11.6 Å². The highest BCUT2D eigenvalue weighted by Crippen LogP contribution is 2.26. The van der Waals surface area contributed by atoms with Gasteiger partial charge in [0, 0.05) is 33.2 Å². The van der Waals surface area contributed by atoms with Gasteiger partial charge in [0.25, 0.3) is 0 Å². The minimum Gasteiger partial charge on any atom is -0.406 e. The van der Waals surface area contributed by atoms with Crippen LogP contribution in [0.25, 0.3) is 10.9 Å². The van der Waals surface area contributed by atoms with Gasteiger partial charge >= 0.3 is 6.36 Å². The largest absolute Gasteiger partial charge is 0.573 e. The maximum atomic E-state index is 12.5. The average Bonchev–Trinajstić information content (AvgIpc) is 2.88. The number of ether oxygens (including phenoxy) is 1. The van der Waals surface area contributed by atoms with Crippen molar-refractivity contribution in [3.63, 3.8) is 0 Å². The number of aromatic nitrogens is 1. The molecule has 0 saturated carbocycles. The van der Waals surface area contributed by atoms with Gasteiger partial charge in [0.15, 0.2) is 5.78 Å². The summed E-state index contributed by atoms with van der Waals surface area (Å²) in [7, 11) is 0.